The van der Waals surface area contributed by atoms with Crippen molar-refractivity contribution in [1.82, 2.24) is 9.21 Å². The van der Waals surface area contributed by atoms with Crippen molar-refractivity contribution in [3.63, 3.8) is 0 Å². The molecule has 1 aliphatic rings. The van der Waals surface area contributed by atoms with E-state index in [1.165, 1.54) is 7.05 Å². The van der Waals surface area contributed by atoms with E-state index in [1.807, 2.05) is 6.92 Å². The minimum Gasteiger partial charge on any atom is -0.381 e. The summed E-state index contributed by atoms with van der Waals surface area (Å²) in [6, 6.07) is 0. The number of hydrogen-bond donors (Lipinski definition) is 0. The molecule has 1 atom stereocenters. The third kappa shape index (κ3) is 4.55. The van der Waals surface area contributed by atoms with Crippen LogP contribution in [0.2, 0.25) is 0 Å². The van der Waals surface area contributed by atoms with Crippen molar-refractivity contribution < 1.29 is 17.9 Å². The Morgan fingerprint density at radius 2 is 2.11 bits per heavy atom. The summed E-state index contributed by atoms with van der Waals surface area (Å²) in [5.74, 6) is 0.217. The standard InChI is InChI=1S/C11H22N2O4S/c1-4-13(7-10-5-6-17-9-10)11(14)8-12(2)18(3,15)16/h10H,4-9H2,1-3H3. The normalized spacial score (nSPS) is 20.3. The molecule has 1 amide bonds. The second-order valence-electron chi connectivity index (χ2n) is 4.68. The summed E-state index contributed by atoms with van der Waals surface area (Å²) in [5, 5.41) is 0. The predicted octanol–water partition coefficient (Wildman–Crippen LogP) is -0.237. The highest BCUT2D eigenvalue weighted by Gasteiger charge is 2.23. The van der Waals surface area contributed by atoms with Crippen LogP contribution >= 0.6 is 0 Å². The first-order chi connectivity index (χ1) is 8.34. The molecule has 0 radical (unpaired) electrons. The fourth-order valence-electron chi connectivity index (χ4n) is 1.85. The maximum atomic E-state index is 12.0. The van der Waals surface area contributed by atoms with Gasteiger partial charge in [0.05, 0.1) is 19.4 Å². The average molecular weight is 278 g/mol. The number of carbonyl (C=O) groups is 1. The van der Waals surface area contributed by atoms with Crippen LogP contribution in [0.4, 0.5) is 0 Å². The van der Waals surface area contributed by atoms with E-state index in [0.717, 1.165) is 23.6 Å². The van der Waals surface area contributed by atoms with Crippen LogP contribution in [-0.4, -0.2) is 69.7 Å². The number of carbonyl (C=O) groups excluding carboxylic acids is 1. The molecule has 1 heterocycles. The van der Waals surface area contributed by atoms with Crippen molar-refractivity contribution in [3.8, 4) is 0 Å². The Morgan fingerprint density at radius 1 is 1.44 bits per heavy atom. The van der Waals surface area contributed by atoms with Crippen molar-refractivity contribution in [2.75, 3.05) is 46.2 Å². The molecule has 1 unspecified atom stereocenters. The van der Waals surface area contributed by atoms with Gasteiger partial charge in [0.15, 0.2) is 0 Å². The van der Waals surface area contributed by atoms with Crippen LogP contribution in [0.25, 0.3) is 0 Å². The molecule has 106 valence electrons. The minimum absolute atomic E-state index is 0.0970. The summed E-state index contributed by atoms with van der Waals surface area (Å²) >= 11 is 0. The number of likely N-dealkylation sites (N-methyl/N-ethyl adjacent to an activating group) is 2. The van der Waals surface area contributed by atoms with Gasteiger partial charge < -0.3 is 9.64 Å². The van der Waals surface area contributed by atoms with Gasteiger partial charge in [-0.1, -0.05) is 0 Å². The highest BCUT2D eigenvalue weighted by molar-refractivity contribution is 7.88. The number of ether oxygens (including phenoxy) is 1. The summed E-state index contributed by atoms with van der Waals surface area (Å²) in [7, 11) is -1.89. The van der Waals surface area contributed by atoms with Crippen molar-refractivity contribution >= 4 is 15.9 Å². The van der Waals surface area contributed by atoms with Gasteiger partial charge in [0.2, 0.25) is 15.9 Å². The second-order valence-corrected chi connectivity index (χ2v) is 6.77. The number of nitrogens with zero attached hydrogens (tertiary/aromatic N) is 2. The molecule has 18 heavy (non-hydrogen) atoms. The van der Waals surface area contributed by atoms with Crippen LogP contribution in [0.5, 0.6) is 0 Å². The van der Waals surface area contributed by atoms with E-state index in [0.29, 0.717) is 25.6 Å². The molecule has 0 aromatic carbocycles. The zero-order chi connectivity index (χ0) is 13.8. The molecule has 0 bridgehead atoms. The van der Waals surface area contributed by atoms with Gasteiger partial charge in [-0.25, -0.2) is 8.42 Å². The van der Waals surface area contributed by atoms with E-state index in [1.54, 1.807) is 4.90 Å². The molecule has 1 rings (SSSR count). The Balaban J connectivity index is 2.51. The molecule has 7 heteroatoms. The summed E-state index contributed by atoms with van der Waals surface area (Å²) in [5.41, 5.74) is 0. The van der Waals surface area contributed by atoms with Crippen LogP contribution in [0, 0.1) is 5.92 Å². The van der Waals surface area contributed by atoms with Crippen LogP contribution < -0.4 is 0 Å². The first-order valence-electron chi connectivity index (χ1n) is 6.11. The van der Waals surface area contributed by atoms with Crippen molar-refractivity contribution in [3.05, 3.63) is 0 Å². The quantitative estimate of drug-likeness (QED) is 0.673. The Bertz CT molecular complexity index is 377. The smallest absolute Gasteiger partial charge is 0.237 e. The van der Waals surface area contributed by atoms with Gasteiger partial charge in [0, 0.05) is 32.7 Å². The van der Waals surface area contributed by atoms with E-state index in [4.69, 9.17) is 4.74 Å². The van der Waals surface area contributed by atoms with Gasteiger partial charge in [-0.15, -0.1) is 0 Å². The molecule has 0 spiro atoms. The van der Waals surface area contributed by atoms with Gasteiger partial charge in [-0.3, -0.25) is 4.79 Å². The third-order valence-electron chi connectivity index (χ3n) is 3.16. The summed E-state index contributed by atoms with van der Waals surface area (Å²) < 4.78 is 28.9. The van der Waals surface area contributed by atoms with E-state index in [-0.39, 0.29) is 12.5 Å². The lowest BCUT2D eigenvalue weighted by atomic mass is 10.1. The fraction of sp³-hybridized carbons (Fsp3) is 0.909. The van der Waals surface area contributed by atoms with Gasteiger partial charge in [-0.2, -0.15) is 4.31 Å². The fourth-order valence-corrected chi connectivity index (χ4v) is 2.20. The third-order valence-corrected chi connectivity index (χ3v) is 4.42. The Morgan fingerprint density at radius 3 is 2.56 bits per heavy atom. The number of amides is 1. The first-order valence-corrected chi connectivity index (χ1v) is 7.96. The zero-order valence-electron chi connectivity index (χ0n) is 11.3. The lowest BCUT2D eigenvalue weighted by Gasteiger charge is -2.25. The molecule has 0 aromatic rings. The van der Waals surface area contributed by atoms with E-state index in [9.17, 15) is 13.2 Å². The van der Waals surface area contributed by atoms with E-state index < -0.39 is 10.0 Å². The molecule has 0 N–H and O–H groups in total. The molecule has 0 aliphatic carbocycles. The monoisotopic (exact) mass is 278 g/mol. The second kappa shape index (κ2) is 6.49. The SMILES string of the molecule is CCN(CC1CCOC1)C(=O)CN(C)S(C)(=O)=O. The molecular weight excluding hydrogens is 256 g/mol. The Hall–Kier alpha value is -0.660. The van der Waals surface area contributed by atoms with Crippen molar-refractivity contribution in [2.24, 2.45) is 5.92 Å². The highest BCUT2D eigenvalue weighted by Crippen LogP contribution is 2.14. The van der Waals surface area contributed by atoms with Gasteiger partial charge in [-0.05, 0) is 13.3 Å². The number of rotatable bonds is 6. The zero-order valence-corrected chi connectivity index (χ0v) is 12.1. The predicted molar refractivity (Wildman–Crippen MR) is 68.7 cm³/mol. The molecule has 0 saturated carbocycles. The summed E-state index contributed by atoms with van der Waals surface area (Å²) in [4.78, 5) is 13.7. The topological polar surface area (TPSA) is 66.9 Å². The van der Waals surface area contributed by atoms with Gasteiger partial charge in [0.1, 0.15) is 0 Å². The molecule has 0 aromatic heterocycles. The van der Waals surface area contributed by atoms with Gasteiger partial charge in [0.25, 0.3) is 0 Å². The molecular formula is C11H22N2O4S. The van der Waals surface area contributed by atoms with E-state index in [2.05, 4.69) is 0 Å². The molecule has 1 fully saturated rings. The lowest BCUT2D eigenvalue weighted by Crippen LogP contribution is -2.42. The number of hydrogen-bond acceptors (Lipinski definition) is 4. The first kappa shape index (κ1) is 15.4. The van der Waals surface area contributed by atoms with E-state index >= 15 is 0 Å². The summed E-state index contributed by atoms with van der Waals surface area (Å²) in [6.07, 6.45) is 2.06. The van der Waals surface area contributed by atoms with Gasteiger partial charge >= 0.3 is 0 Å². The molecule has 1 aliphatic heterocycles. The van der Waals surface area contributed by atoms with Crippen LogP contribution in [0.3, 0.4) is 0 Å². The Kier molecular flexibility index (Phi) is 5.55. The summed E-state index contributed by atoms with van der Waals surface area (Å²) in [6.45, 7) is 4.47. The average Bonchev–Trinajstić information content (AvgIpc) is 2.76. The van der Waals surface area contributed by atoms with Crippen LogP contribution in [-0.2, 0) is 19.6 Å². The maximum absolute atomic E-state index is 12.0. The van der Waals surface area contributed by atoms with Crippen molar-refractivity contribution in [1.29, 1.82) is 0 Å². The lowest BCUT2D eigenvalue weighted by molar-refractivity contribution is -0.131. The molecule has 1 saturated heterocycles. The van der Waals surface area contributed by atoms with Crippen LogP contribution in [0.1, 0.15) is 13.3 Å². The van der Waals surface area contributed by atoms with Crippen LogP contribution in [0.15, 0.2) is 0 Å². The minimum atomic E-state index is -3.31. The van der Waals surface area contributed by atoms with Crippen molar-refractivity contribution in [2.45, 2.75) is 13.3 Å². The number of sulfonamides is 1. The highest BCUT2D eigenvalue weighted by atomic mass is 32.2. The maximum Gasteiger partial charge on any atom is 0.237 e. The molecule has 6 nitrogen and oxygen atoms in total. The largest absolute Gasteiger partial charge is 0.381 e. The Labute approximate surface area is 109 Å².